The van der Waals surface area contributed by atoms with Crippen molar-refractivity contribution in [3.05, 3.63) is 62.5 Å². The van der Waals surface area contributed by atoms with E-state index in [0.717, 1.165) is 14.5 Å². The molecule has 24 heavy (non-hydrogen) atoms. The Morgan fingerprint density at radius 3 is 2.38 bits per heavy atom. The van der Waals surface area contributed by atoms with Gasteiger partial charge in [0.2, 0.25) is 5.91 Å². The van der Waals surface area contributed by atoms with Gasteiger partial charge < -0.3 is 10.1 Å². The highest BCUT2D eigenvalue weighted by Crippen LogP contribution is 2.28. The molecule has 0 aliphatic carbocycles. The lowest BCUT2D eigenvalue weighted by molar-refractivity contribution is -0.119. The van der Waals surface area contributed by atoms with Gasteiger partial charge in [-0.05, 0) is 46.6 Å². The Hall–Kier alpha value is -1.66. The smallest absolute Gasteiger partial charge is 0.217 e. The second-order valence-corrected chi connectivity index (χ2v) is 7.10. The minimum atomic E-state index is -0.108. The van der Waals surface area contributed by atoms with Gasteiger partial charge in [0.05, 0.1) is 10.5 Å². The van der Waals surface area contributed by atoms with Gasteiger partial charge in [0, 0.05) is 17.0 Å². The van der Waals surface area contributed by atoms with Gasteiger partial charge in [-0.25, -0.2) is 0 Å². The van der Waals surface area contributed by atoms with Gasteiger partial charge in [0.1, 0.15) is 5.75 Å². The summed E-state index contributed by atoms with van der Waals surface area (Å²) in [7, 11) is 0. The van der Waals surface area contributed by atoms with Crippen molar-refractivity contribution in [2.24, 2.45) is 0 Å². The zero-order valence-electron chi connectivity index (χ0n) is 13.3. The molecule has 0 aliphatic heterocycles. The molecule has 2 aromatic rings. The third-order valence-electron chi connectivity index (χ3n) is 3.41. The van der Waals surface area contributed by atoms with Crippen molar-refractivity contribution in [2.45, 2.75) is 19.9 Å². The number of rotatable bonds is 6. The second kappa shape index (κ2) is 8.44. The molecule has 0 radical (unpaired) electrons. The molecular formula is C18H17Br2NO3. The summed E-state index contributed by atoms with van der Waals surface area (Å²) in [5, 5.41) is 2.81. The molecule has 0 saturated carbocycles. The molecule has 2 rings (SSSR count). The molecule has 1 amide bonds. The molecule has 1 unspecified atom stereocenters. The van der Waals surface area contributed by atoms with Crippen LogP contribution in [0.2, 0.25) is 0 Å². The number of Topliss-reactive ketones (excluding diaryl/α,β-unsaturated/α-hetero) is 1. The first-order valence-corrected chi connectivity index (χ1v) is 8.93. The zero-order valence-corrected chi connectivity index (χ0v) is 16.5. The summed E-state index contributed by atoms with van der Waals surface area (Å²) < 4.78 is 7.27. The monoisotopic (exact) mass is 453 g/mol. The summed E-state index contributed by atoms with van der Waals surface area (Å²) in [6.07, 6.45) is 0. The molecule has 0 saturated heterocycles. The van der Waals surface area contributed by atoms with Crippen LogP contribution < -0.4 is 10.1 Å². The van der Waals surface area contributed by atoms with Gasteiger partial charge in [-0.1, -0.05) is 40.2 Å². The minimum Gasteiger partial charge on any atom is -0.484 e. The van der Waals surface area contributed by atoms with E-state index in [0.29, 0.717) is 11.3 Å². The maximum atomic E-state index is 12.2. The maximum Gasteiger partial charge on any atom is 0.217 e. The highest BCUT2D eigenvalue weighted by molar-refractivity contribution is 9.11. The lowest BCUT2D eigenvalue weighted by Gasteiger charge is -2.13. The lowest BCUT2D eigenvalue weighted by atomic mass is 10.0. The fourth-order valence-electron chi connectivity index (χ4n) is 2.16. The largest absolute Gasteiger partial charge is 0.484 e. The van der Waals surface area contributed by atoms with E-state index in [9.17, 15) is 9.59 Å². The van der Waals surface area contributed by atoms with E-state index in [1.165, 1.54) is 6.92 Å². The Bertz CT molecular complexity index is 744. The van der Waals surface area contributed by atoms with Crippen molar-refractivity contribution in [3.63, 3.8) is 0 Å². The fourth-order valence-corrected chi connectivity index (χ4v) is 3.33. The first-order chi connectivity index (χ1) is 11.4. The molecule has 0 bridgehead atoms. The Morgan fingerprint density at radius 2 is 1.79 bits per heavy atom. The van der Waals surface area contributed by atoms with Crippen LogP contribution in [0.1, 0.15) is 35.8 Å². The van der Waals surface area contributed by atoms with Crippen LogP contribution in [0.3, 0.4) is 0 Å². The van der Waals surface area contributed by atoms with E-state index in [1.54, 1.807) is 18.2 Å². The van der Waals surface area contributed by atoms with Crippen LogP contribution in [0.4, 0.5) is 0 Å². The van der Waals surface area contributed by atoms with Crippen molar-refractivity contribution in [1.29, 1.82) is 0 Å². The molecule has 0 fully saturated rings. The SMILES string of the molecule is CC(=O)NC(C)c1ccc(C(=O)COc2ccc(Br)cc2Br)cc1. The number of benzene rings is 2. The Kier molecular flexibility index (Phi) is 6.57. The molecule has 0 aromatic heterocycles. The van der Waals surface area contributed by atoms with Crippen LogP contribution in [0.15, 0.2) is 51.4 Å². The zero-order chi connectivity index (χ0) is 17.7. The third kappa shape index (κ3) is 5.18. The summed E-state index contributed by atoms with van der Waals surface area (Å²) in [5.41, 5.74) is 1.51. The topological polar surface area (TPSA) is 55.4 Å². The molecule has 4 nitrogen and oxygen atoms in total. The molecule has 2 aromatic carbocycles. The Labute approximate surface area is 157 Å². The fraction of sp³-hybridized carbons (Fsp3) is 0.222. The number of amides is 1. The second-order valence-electron chi connectivity index (χ2n) is 5.33. The van der Waals surface area contributed by atoms with Crippen LogP contribution in [-0.2, 0) is 4.79 Å². The number of nitrogens with one attached hydrogen (secondary N) is 1. The summed E-state index contributed by atoms with van der Waals surface area (Å²) in [6.45, 7) is 3.33. The molecule has 126 valence electrons. The number of carbonyl (C=O) groups is 2. The Morgan fingerprint density at radius 1 is 1.12 bits per heavy atom. The van der Waals surface area contributed by atoms with Crippen LogP contribution >= 0.6 is 31.9 Å². The molecule has 0 heterocycles. The van der Waals surface area contributed by atoms with E-state index in [-0.39, 0.29) is 24.3 Å². The third-order valence-corrected chi connectivity index (χ3v) is 4.52. The molecule has 6 heteroatoms. The summed E-state index contributed by atoms with van der Waals surface area (Å²) in [4.78, 5) is 23.3. The highest BCUT2D eigenvalue weighted by Gasteiger charge is 2.11. The van der Waals surface area contributed by atoms with Crippen molar-refractivity contribution < 1.29 is 14.3 Å². The summed E-state index contributed by atoms with van der Waals surface area (Å²) >= 11 is 6.77. The summed E-state index contributed by atoms with van der Waals surface area (Å²) in [6, 6.07) is 12.6. The van der Waals surface area contributed by atoms with E-state index in [4.69, 9.17) is 4.74 Å². The predicted molar refractivity (Wildman–Crippen MR) is 100 cm³/mol. The predicted octanol–water partition coefficient (Wildman–Crippen LogP) is 4.67. The average molecular weight is 455 g/mol. The maximum absolute atomic E-state index is 12.2. The number of ketones is 1. The molecule has 0 aliphatic rings. The number of hydrogen-bond acceptors (Lipinski definition) is 3. The molecular weight excluding hydrogens is 438 g/mol. The molecule has 1 atom stereocenters. The molecule has 0 spiro atoms. The average Bonchev–Trinajstić information content (AvgIpc) is 2.53. The lowest BCUT2D eigenvalue weighted by Crippen LogP contribution is -2.23. The first-order valence-electron chi connectivity index (χ1n) is 7.35. The normalized spacial score (nSPS) is 11.7. The Balaban J connectivity index is 1.98. The van der Waals surface area contributed by atoms with Gasteiger partial charge >= 0.3 is 0 Å². The number of ether oxygens (including phenoxy) is 1. The first kappa shape index (κ1) is 18.7. The van der Waals surface area contributed by atoms with Crippen molar-refractivity contribution in [1.82, 2.24) is 5.32 Å². The van der Waals surface area contributed by atoms with Gasteiger partial charge in [-0.2, -0.15) is 0 Å². The number of carbonyl (C=O) groups excluding carboxylic acids is 2. The quantitative estimate of drug-likeness (QED) is 0.645. The molecule has 1 N–H and O–H groups in total. The number of halogens is 2. The standard InChI is InChI=1S/C18H17Br2NO3/c1-11(21-12(2)22)13-3-5-14(6-4-13)17(23)10-24-18-8-7-15(19)9-16(18)20/h3-9,11H,10H2,1-2H3,(H,21,22). The van der Waals surface area contributed by atoms with Crippen LogP contribution in [0, 0.1) is 0 Å². The van der Waals surface area contributed by atoms with E-state index in [1.807, 2.05) is 31.2 Å². The van der Waals surface area contributed by atoms with E-state index >= 15 is 0 Å². The van der Waals surface area contributed by atoms with Crippen molar-refractivity contribution in [3.8, 4) is 5.75 Å². The van der Waals surface area contributed by atoms with Gasteiger partial charge in [0.15, 0.2) is 12.4 Å². The summed E-state index contributed by atoms with van der Waals surface area (Å²) in [5.74, 6) is 0.419. The number of hydrogen-bond donors (Lipinski definition) is 1. The van der Waals surface area contributed by atoms with Gasteiger partial charge in [0.25, 0.3) is 0 Å². The van der Waals surface area contributed by atoms with Crippen molar-refractivity contribution >= 4 is 43.6 Å². The van der Waals surface area contributed by atoms with E-state index < -0.39 is 0 Å². The van der Waals surface area contributed by atoms with Gasteiger partial charge in [-0.15, -0.1) is 0 Å². The van der Waals surface area contributed by atoms with Crippen molar-refractivity contribution in [2.75, 3.05) is 6.61 Å². The van der Waals surface area contributed by atoms with Crippen LogP contribution in [0.5, 0.6) is 5.75 Å². The minimum absolute atomic E-state index is 0.0408. The van der Waals surface area contributed by atoms with Gasteiger partial charge in [-0.3, -0.25) is 9.59 Å². The highest BCUT2D eigenvalue weighted by atomic mass is 79.9. The van der Waals surface area contributed by atoms with Crippen LogP contribution in [0.25, 0.3) is 0 Å². The van der Waals surface area contributed by atoms with Crippen LogP contribution in [-0.4, -0.2) is 18.3 Å². The van der Waals surface area contributed by atoms with E-state index in [2.05, 4.69) is 37.2 Å².